The Kier molecular flexibility index (Phi) is 6.17. The number of hydrogen-bond acceptors (Lipinski definition) is 5. The van der Waals surface area contributed by atoms with Crippen molar-refractivity contribution in [2.75, 3.05) is 26.0 Å². The molecule has 1 rings (SSSR count). The third kappa shape index (κ3) is 4.46. The molecular formula is C15H22N2O4. The Hall–Kier alpha value is -2.08. The van der Waals surface area contributed by atoms with Gasteiger partial charge in [-0.2, -0.15) is 0 Å². The maximum Gasteiger partial charge on any atom is 0.317 e. The molecule has 0 aliphatic heterocycles. The van der Waals surface area contributed by atoms with Crippen LogP contribution in [0.4, 0.5) is 5.69 Å². The van der Waals surface area contributed by atoms with Crippen LogP contribution in [-0.4, -0.2) is 37.7 Å². The van der Waals surface area contributed by atoms with Crippen LogP contribution in [0, 0.1) is 13.8 Å². The Morgan fingerprint density at radius 2 is 1.95 bits per heavy atom. The summed E-state index contributed by atoms with van der Waals surface area (Å²) in [6, 6.07) is 1.97. The largest absolute Gasteiger partial charge is 0.480 e. The predicted molar refractivity (Wildman–Crippen MR) is 80.5 cm³/mol. The number of rotatable bonds is 7. The molecule has 3 N–H and O–H groups in total. The molecule has 0 amide bonds. The van der Waals surface area contributed by atoms with E-state index in [-0.39, 0.29) is 18.9 Å². The van der Waals surface area contributed by atoms with Crippen LogP contribution in [0.2, 0.25) is 0 Å². The van der Waals surface area contributed by atoms with Crippen molar-refractivity contribution in [3.8, 4) is 0 Å². The number of anilines is 1. The number of ether oxygens (including phenoxy) is 1. The fraction of sp³-hybridized carbons (Fsp3) is 0.467. The molecule has 0 saturated heterocycles. The molecule has 116 valence electrons. The smallest absolute Gasteiger partial charge is 0.317 e. The van der Waals surface area contributed by atoms with Gasteiger partial charge in [0.25, 0.3) is 0 Å². The second kappa shape index (κ2) is 7.64. The van der Waals surface area contributed by atoms with Gasteiger partial charge in [0.15, 0.2) is 0 Å². The Morgan fingerprint density at radius 1 is 1.29 bits per heavy atom. The summed E-state index contributed by atoms with van der Waals surface area (Å²) in [5.74, 6) is -1.19. The molecule has 1 aromatic rings. The number of carbonyl (C=O) groups excluding carboxylic acids is 1. The highest BCUT2D eigenvalue weighted by molar-refractivity contribution is 5.75. The third-order valence-corrected chi connectivity index (χ3v) is 3.52. The summed E-state index contributed by atoms with van der Waals surface area (Å²) >= 11 is 0. The number of carboxylic acids is 1. The van der Waals surface area contributed by atoms with Gasteiger partial charge in [0.1, 0.15) is 0 Å². The molecule has 0 bridgehead atoms. The first-order chi connectivity index (χ1) is 9.90. The van der Waals surface area contributed by atoms with Crippen molar-refractivity contribution in [1.29, 1.82) is 0 Å². The van der Waals surface area contributed by atoms with E-state index in [9.17, 15) is 9.59 Å². The lowest BCUT2D eigenvalue weighted by atomic mass is 9.93. The van der Waals surface area contributed by atoms with E-state index in [4.69, 9.17) is 9.84 Å². The monoisotopic (exact) mass is 294 g/mol. The Morgan fingerprint density at radius 3 is 2.48 bits per heavy atom. The average molecular weight is 294 g/mol. The maximum absolute atomic E-state index is 11.6. The highest BCUT2D eigenvalue weighted by Gasteiger charge is 2.15. The normalized spacial score (nSPS) is 10.3. The topological polar surface area (TPSA) is 87.7 Å². The molecule has 0 unspecified atom stereocenters. The van der Waals surface area contributed by atoms with Gasteiger partial charge in [-0.25, -0.2) is 0 Å². The van der Waals surface area contributed by atoms with Gasteiger partial charge in [-0.1, -0.05) is 0 Å². The lowest BCUT2D eigenvalue weighted by Crippen LogP contribution is -2.23. The van der Waals surface area contributed by atoms with Gasteiger partial charge in [-0.05, 0) is 42.2 Å². The van der Waals surface area contributed by atoms with Crippen molar-refractivity contribution in [3.05, 3.63) is 28.3 Å². The SMILES string of the molecule is CNc1cc(CNCC(=O)O)c(C)c(CC(=O)OC)c1C. The van der Waals surface area contributed by atoms with Gasteiger partial charge < -0.3 is 20.5 Å². The zero-order chi connectivity index (χ0) is 16.0. The van der Waals surface area contributed by atoms with E-state index in [0.717, 1.165) is 27.9 Å². The molecule has 0 aliphatic rings. The van der Waals surface area contributed by atoms with Crippen LogP contribution in [0.3, 0.4) is 0 Å². The van der Waals surface area contributed by atoms with E-state index in [1.807, 2.05) is 27.0 Å². The van der Waals surface area contributed by atoms with Gasteiger partial charge in [0.05, 0.1) is 20.1 Å². The van der Waals surface area contributed by atoms with Crippen molar-refractivity contribution >= 4 is 17.6 Å². The number of methoxy groups -OCH3 is 1. The Labute approximate surface area is 124 Å². The van der Waals surface area contributed by atoms with E-state index in [1.54, 1.807) is 0 Å². The van der Waals surface area contributed by atoms with Crippen molar-refractivity contribution in [2.45, 2.75) is 26.8 Å². The third-order valence-electron chi connectivity index (χ3n) is 3.52. The van der Waals surface area contributed by atoms with Crippen LogP contribution in [0.25, 0.3) is 0 Å². The van der Waals surface area contributed by atoms with Crippen molar-refractivity contribution in [1.82, 2.24) is 5.32 Å². The van der Waals surface area contributed by atoms with E-state index in [1.165, 1.54) is 7.11 Å². The minimum Gasteiger partial charge on any atom is -0.480 e. The lowest BCUT2D eigenvalue weighted by Gasteiger charge is -2.18. The lowest BCUT2D eigenvalue weighted by molar-refractivity contribution is -0.140. The first-order valence-corrected chi connectivity index (χ1v) is 6.69. The van der Waals surface area contributed by atoms with Gasteiger partial charge in [0, 0.05) is 19.3 Å². The average Bonchev–Trinajstić information content (AvgIpc) is 2.45. The summed E-state index contributed by atoms with van der Waals surface area (Å²) < 4.78 is 4.74. The van der Waals surface area contributed by atoms with Gasteiger partial charge in [-0.15, -0.1) is 0 Å². The van der Waals surface area contributed by atoms with E-state index >= 15 is 0 Å². The molecule has 0 aromatic heterocycles. The van der Waals surface area contributed by atoms with Gasteiger partial charge in [-0.3, -0.25) is 9.59 Å². The minimum atomic E-state index is -0.900. The Balaban J connectivity index is 3.10. The first-order valence-electron chi connectivity index (χ1n) is 6.69. The van der Waals surface area contributed by atoms with E-state index in [2.05, 4.69) is 10.6 Å². The molecule has 0 fully saturated rings. The van der Waals surface area contributed by atoms with Crippen LogP contribution in [0.1, 0.15) is 22.3 Å². The molecule has 0 saturated carbocycles. The van der Waals surface area contributed by atoms with Gasteiger partial charge >= 0.3 is 11.9 Å². The van der Waals surface area contributed by atoms with Crippen LogP contribution in [0.5, 0.6) is 0 Å². The fourth-order valence-corrected chi connectivity index (χ4v) is 2.26. The molecule has 6 heteroatoms. The standard InChI is InChI=1S/C15H22N2O4/c1-9-11(7-17-8-14(18)19)5-13(16-3)10(2)12(9)6-15(20)21-4/h5,16-17H,6-8H2,1-4H3,(H,18,19). The molecule has 0 aliphatic carbocycles. The van der Waals surface area contributed by atoms with Crippen LogP contribution < -0.4 is 10.6 Å². The van der Waals surface area contributed by atoms with Crippen molar-refractivity contribution in [2.24, 2.45) is 0 Å². The highest BCUT2D eigenvalue weighted by Crippen LogP contribution is 2.26. The molecule has 0 spiro atoms. The van der Waals surface area contributed by atoms with Gasteiger partial charge in [0.2, 0.25) is 0 Å². The zero-order valence-corrected chi connectivity index (χ0v) is 12.9. The molecular weight excluding hydrogens is 272 g/mol. The summed E-state index contributed by atoms with van der Waals surface area (Å²) in [5, 5.41) is 14.6. The quantitative estimate of drug-likeness (QED) is 0.656. The number of hydrogen-bond donors (Lipinski definition) is 3. The minimum absolute atomic E-state index is 0.103. The summed E-state index contributed by atoms with van der Waals surface area (Å²) in [7, 11) is 3.18. The molecule has 21 heavy (non-hydrogen) atoms. The number of carboxylic acid groups (broad SMARTS) is 1. The van der Waals surface area contributed by atoms with Crippen molar-refractivity contribution in [3.63, 3.8) is 0 Å². The number of aliphatic carboxylic acids is 1. The van der Waals surface area contributed by atoms with E-state index in [0.29, 0.717) is 6.54 Å². The summed E-state index contributed by atoms with van der Waals surface area (Å²) in [5.41, 5.74) is 4.79. The Bertz CT molecular complexity index is 541. The van der Waals surface area contributed by atoms with Crippen LogP contribution in [0.15, 0.2) is 6.07 Å². The van der Waals surface area contributed by atoms with Crippen LogP contribution >= 0.6 is 0 Å². The first kappa shape index (κ1) is 17.0. The number of benzene rings is 1. The number of nitrogens with one attached hydrogen (secondary N) is 2. The number of esters is 1. The highest BCUT2D eigenvalue weighted by atomic mass is 16.5. The summed E-state index contributed by atoms with van der Waals surface area (Å²) in [4.78, 5) is 22.1. The number of carbonyl (C=O) groups is 2. The molecule has 0 atom stereocenters. The molecule has 0 heterocycles. The second-order valence-electron chi connectivity index (χ2n) is 4.81. The predicted octanol–water partition coefficient (Wildman–Crippen LogP) is 1.23. The van der Waals surface area contributed by atoms with Crippen LogP contribution in [-0.2, 0) is 27.3 Å². The van der Waals surface area contributed by atoms with Crippen molar-refractivity contribution < 1.29 is 19.4 Å². The summed E-state index contributed by atoms with van der Waals surface area (Å²) in [6.45, 7) is 4.21. The molecule has 0 radical (unpaired) electrons. The molecule has 1 aromatic carbocycles. The zero-order valence-electron chi connectivity index (χ0n) is 12.9. The second-order valence-corrected chi connectivity index (χ2v) is 4.81. The van der Waals surface area contributed by atoms with E-state index < -0.39 is 5.97 Å². The maximum atomic E-state index is 11.6. The molecule has 6 nitrogen and oxygen atoms in total. The fourth-order valence-electron chi connectivity index (χ4n) is 2.26. The summed E-state index contributed by atoms with van der Waals surface area (Å²) in [6.07, 6.45) is 0.204.